The van der Waals surface area contributed by atoms with Gasteiger partial charge in [0.2, 0.25) is 5.91 Å². The number of rotatable bonds is 5. The predicted octanol–water partition coefficient (Wildman–Crippen LogP) is 3.44. The van der Waals surface area contributed by atoms with E-state index in [9.17, 15) is 9.59 Å². The number of carbonyl (C=O) groups is 2. The highest BCUT2D eigenvalue weighted by atomic mass is 32.1. The Morgan fingerprint density at radius 1 is 1.11 bits per heavy atom. The van der Waals surface area contributed by atoms with Crippen molar-refractivity contribution in [2.24, 2.45) is 0 Å². The van der Waals surface area contributed by atoms with Crippen LogP contribution in [-0.2, 0) is 17.8 Å². The van der Waals surface area contributed by atoms with Crippen LogP contribution in [0.2, 0.25) is 0 Å². The number of benzene rings is 2. The van der Waals surface area contributed by atoms with Crippen LogP contribution >= 0.6 is 11.3 Å². The zero-order valence-corrected chi connectivity index (χ0v) is 15.8. The highest BCUT2D eigenvalue weighted by Gasteiger charge is 2.33. The highest BCUT2D eigenvalue weighted by Crippen LogP contribution is 2.34. The van der Waals surface area contributed by atoms with Crippen LogP contribution in [0.25, 0.3) is 0 Å². The number of hydroxylamine groups is 1. The Kier molecular flexibility index (Phi) is 5.10. The molecule has 3 N–H and O–H groups in total. The molecule has 2 amide bonds. The van der Waals surface area contributed by atoms with Gasteiger partial charge in [-0.05, 0) is 41.3 Å². The number of thiophene rings is 1. The van der Waals surface area contributed by atoms with Gasteiger partial charge in [0.15, 0.2) is 0 Å². The van der Waals surface area contributed by atoms with Gasteiger partial charge in [0.05, 0.1) is 11.4 Å². The van der Waals surface area contributed by atoms with E-state index in [0.29, 0.717) is 18.5 Å². The summed E-state index contributed by atoms with van der Waals surface area (Å²) in [5.74, 6) is -0.576. The van der Waals surface area contributed by atoms with Crippen molar-refractivity contribution in [2.75, 3.05) is 10.2 Å². The van der Waals surface area contributed by atoms with Crippen LogP contribution in [0.5, 0.6) is 0 Å². The maximum absolute atomic E-state index is 12.8. The summed E-state index contributed by atoms with van der Waals surface area (Å²) in [7, 11) is 0. The van der Waals surface area contributed by atoms with Crippen molar-refractivity contribution in [3.05, 3.63) is 82.0 Å². The molecule has 0 bridgehead atoms. The van der Waals surface area contributed by atoms with Crippen molar-refractivity contribution in [1.82, 2.24) is 5.48 Å². The van der Waals surface area contributed by atoms with E-state index in [2.05, 4.69) is 10.2 Å². The maximum atomic E-state index is 12.8. The van der Waals surface area contributed by atoms with E-state index in [1.54, 1.807) is 28.9 Å². The average Bonchev–Trinajstić information content (AvgIpc) is 3.23. The standard InChI is InChI=1S/C21H19N3O3S/c25-20(23-27)15-9-7-14(8-10-15)13-24-18-6-2-1-5-17(18)22-21(26)19(24)12-16-4-3-11-28-16/h1-11,19,27H,12-13H2,(H,22,26)(H,23,25)/t19-/m0/s1. The van der Waals surface area contributed by atoms with E-state index in [0.717, 1.165) is 21.8 Å². The van der Waals surface area contributed by atoms with Gasteiger partial charge in [-0.2, -0.15) is 0 Å². The van der Waals surface area contributed by atoms with Crippen LogP contribution in [0.1, 0.15) is 20.8 Å². The minimum atomic E-state index is -0.551. The molecule has 1 aliphatic rings. The van der Waals surface area contributed by atoms with Gasteiger partial charge in [0.25, 0.3) is 5.91 Å². The fourth-order valence-electron chi connectivity index (χ4n) is 3.40. The molecule has 2 heterocycles. The molecule has 28 heavy (non-hydrogen) atoms. The fourth-order valence-corrected chi connectivity index (χ4v) is 4.14. The molecule has 1 aromatic heterocycles. The largest absolute Gasteiger partial charge is 0.353 e. The van der Waals surface area contributed by atoms with Crippen molar-refractivity contribution in [2.45, 2.75) is 19.0 Å². The first-order valence-corrected chi connectivity index (χ1v) is 9.76. The van der Waals surface area contributed by atoms with Gasteiger partial charge in [0, 0.05) is 23.4 Å². The number of carbonyl (C=O) groups excluding carboxylic acids is 2. The first kappa shape index (κ1) is 18.2. The van der Waals surface area contributed by atoms with E-state index in [1.807, 2.05) is 53.9 Å². The molecule has 0 unspecified atom stereocenters. The van der Waals surface area contributed by atoms with Crippen LogP contribution in [0.15, 0.2) is 66.0 Å². The molecule has 0 fully saturated rings. The smallest absolute Gasteiger partial charge is 0.274 e. The monoisotopic (exact) mass is 393 g/mol. The molecular formula is C21H19N3O3S. The summed E-state index contributed by atoms with van der Waals surface area (Å²) < 4.78 is 0. The molecule has 3 aromatic rings. The Labute approximate surface area is 166 Å². The van der Waals surface area contributed by atoms with Crippen LogP contribution in [0.3, 0.4) is 0 Å². The third kappa shape index (κ3) is 3.62. The summed E-state index contributed by atoms with van der Waals surface area (Å²) in [6.45, 7) is 0.529. The molecule has 0 aliphatic carbocycles. The lowest BCUT2D eigenvalue weighted by Gasteiger charge is -2.38. The second-order valence-corrected chi connectivity index (χ2v) is 7.60. The quantitative estimate of drug-likeness (QED) is 0.458. The predicted molar refractivity (Wildman–Crippen MR) is 109 cm³/mol. The van der Waals surface area contributed by atoms with Gasteiger partial charge in [-0.1, -0.05) is 30.3 Å². The lowest BCUT2D eigenvalue weighted by Crippen LogP contribution is -2.48. The summed E-state index contributed by atoms with van der Waals surface area (Å²) >= 11 is 1.64. The van der Waals surface area contributed by atoms with Gasteiger partial charge in [-0.25, -0.2) is 5.48 Å². The van der Waals surface area contributed by atoms with E-state index >= 15 is 0 Å². The van der Waals surface area contributed by atoms with Crippen LogP contribution in [0.4, 0.5) is 11.4 Å². The number of amides is 2. The van der Waals surface area contributed by atoms with Crippen molar-refractivity contribution in [3.63, 3.8) is 0 Å². The van der Waals surface area contributed by atoms with Gasteiger partial charge in [-0.15, -0.1) is 11.3 Å². The molecule has 7 heteroatoms. The van der Waals surface area contributed by atoms with E-state index in [4.69, 9.17) is 5.21 Å². The number of fused-ring (bicyclic) bond motifs is 1. The van der Waals surface area contributed by atoms with Crippen LogP contribution < -0.4 is 15.7 Å². The Hall–Kier alpha value is -3.16. The Bertz CT molecular complexity index is 986. The lowest BCUT2D eigenvalue weighted by molar-refractivity contribution is -0.117. The molecule has 2 aromatic carbocycles. The first-order valence-electron chi connectivity index (χ1n) is 8.88. The normalized spacial score (nSPS) is 15.7. The molecular weight excluding hydrogens is 374 g/mol. The molecule has 0 radical (unpaired) electrons. The Balaban J connectivity index is 1.65. The van der Waals surface area contributed by atoms with Gasteiger partial charge in [-0.3, -0.25) is 14.8 Å². The van der Waals surface area contributed by atoms with E-state index in [1.165, 1.54) is 0 Å². The second-order valence-electron chi connectivity index (χ2n) is 6.57. The Morgan fingerprint density at radius 2 is 1.89 bits per heavy atom. The van der Waals surface area contributed by atoms with Crippen LogP contribution in [0, 0.1) is 0 Å². The third-order valence-corrected chi connectivity index (χ3v) is 5.69. The topological polar surface area (TPSA) is 81.7 Å². The molecule has 0 spiro atoms. The number of nitrogens with one attached hydrogen (secondary N) is 2. The summed E-state index contributed by atoms with van der Waals surface area (Å²) in [6, 6.07) is 18.5. The molecule has 142 valence electrons. The minimum Gasteiger partial charge on any atom is -0.353 e. The lowest BCUT2D eigenvalue weighted by atomic mass is 10.0. The molecule has 1 aliphatic heterocycles. The fraction of sp³-hybridized carbons (Fsp3) is 0.143. The maximum Gasteiger partial charge on any atom is 0.274 e. The Morgan fingerprint density at radius 3 is 2.61 bits per heavy atom. The first-order chi connectivity index (χ1) is 13.7. The van der Waals surface area contributed by atoms with Crippen molar-refractivity contribution in [3.8, 4) is 0 Å². The van der Waals surface area contributed by atoms with Gasteiger partial charge >= 0.3 is 0 Å². The van der Waals surface area contributed by atoms with Crippen molar-refractivity contribution in [1.29, 1.82) is 0 Å². The number of hydrogen-bond acceptors (Lipinski definition) is 5. The van der Waals surface area contributed by atoms with Crippen LogP contribution in [-0.4, -0.2) is 23.1 Å². The molecule has 1 atom stereocenters. The second kappa shape index (κ2) is 7.84. The van der Waals surface area contributed by atoms with E-state index < -0.39 is 5.91 Å². The number of hydrogen-bond donors (Lipinski definition) is 3. The minimum absolute atomic E-state index is 0.0246. The highest BCUT2D eigenvalue weighted by molar-refractivity contribution is 7.09. The van der Waals surface area contributed by atoms with E-state index in [-0.39, 0.29) is 11.9 Å². The van der Waals surface area contributed by atoms with Crippen molar-refractivity contribution >= 4 is 34.5 Å². The molecule has 0 saturated heterocycles. The number of anilines is 2. The number of nitrogens with zero attached hydrogens (tertiary/aromatic N) is 1. The third-order valence-electron chi connectivity index (χ3n) is 4.80. The zero-order valence-electron chi connectivity index (χ0n) is 15.0. The summed E-state index contributed by atoms with van der Waals surface area (Å²) in [5, 5.41) is 13.8. The SMILES string of the molecule is O=C(NO)c1ccc(CN2c3ccccc3NC(=O)[C@@H]2Cc2cccs2)cc1. The summed E-state index contributed by atoms with van der Waals surface area (Å²) in [6.07, 6.45) is 0.628. The zero-order chi connectivity index (χ0) is 19.5. The van der Waals surface area contributed by atoms with Gasteiger partial charge in [0.1, 0.15) is 6.04 Å². The average molecular weight is 393 g/mol. The van der Waals surface area contributed by atoms with Crippen molar-refractivity contribution < 1.29 is 14.8 Å². The van der Waals surface area contributed by atoms with Gasteiger partial charge < -0.3 is 10.2 Å². The molecule has 0 saturated carbocycles. The summed E-state index contributed by atoms with van der Waals surface area (Å²) in [4.78, 5) is 27.6. The molecule has 4 rings (SSSR count). The summed E-state index contributed by atoms with van der Waals surface area (Å²) in [5.41, 5.74) is 4.74. The number of para-hydroxylation sites is 2. The molecule has 6 nitrogen and oxygen atoms in total.